The molecule has 0 bridgehead atoms. The predicted molar refractivity (Wildman–Crippen MR) is 523 cm³/mol. The largest absolute Gasteiger partial charge is 0.493 e. The molecule has 0 fully saturated rings. The molecule has 10 rings (SSSR count). The number of azide groups is 1. The maximum Gasteiger partial charge on any atom is 0.407 e. The van der Waals surface area contributed by atoms with Gasteiger partial charge in [-0.2, -0.15) is 0 Å². The first-order valence-corrected chi connectivity index (χ1v) is 44.3. The number of ether oxygens (including phenoxy) is 7. The standard InChI is InChI=1S/C28H37ClN8O4.C23H29ClN8O2.C22H28N4O3.C22H32N2O3/c1-28(2,3)41-27(39)34-15-8-16-40-20-13-12-17(18-10-4-5-11-19(18)20)9-6-7-14-33-26(32)37-25(38)21-23(30)36-24(31)22(29)35-21;24-19-21(27)31-20(26)18(30-19)22(33)32-23(28)29-12-4-3-6-14-9-10-17(34-13-5-11-25)16-8-2-1-7-15(14)16;1-22(2,3)29-21(27)24-14-8-16-28-20-13-12-17(9-6-7-15-25-26-23)18-10-4-5-11-19(18)20;1-22(2,3)27-21(25)24-15-8-16-26-20-13-12-17(9-6-7-14-23)18-10-4-5-11-19(18)20/h4-5,10-13H,6-9,14-16H2,1-3H3,(H,34,39)(H4,30,31,36)(H3,32,33,37,38);1-2,7-10H,3-6,11-13,25H2,(H4,26,27,31)(H3,28,29,32,33);4-6,9-13H,7-8,14-16H2,1-3H3,(H,24,27);4-5,10-13H,6-9,14-16,23H2,1-3H3,(H,24,25)/b;;9-6+;. The maximum absolute atomic E-state index is 12.4. The number of anilines is 4. The minimum absolute atomic E-state index is 0.0384. The van der Waals surface area contributed by atoms with E-state index in [1.54, 1.807) is 0 Å². The van der Waals surface area contributed by atoms with Crippen LogP contribution in [-0.2, 0) is 33.5 Å². The van der Waals surface area contributed by atoms with E-state index in [1.165, 1.54) is 27.5 Å². The maximum atomic E-state index is 12.4. The number of alkyl carbamates (subject to hydrolysis) is 3. The molecular formula is C95H126Cl2N22O12. The van der Waals surface area contributed by atoms with Gasteiger partial charge in [0.1, 0.15) is 39.8 Å². The SMILES string of the molecule is CC(C)(C)OC(=O)NCCCOc1ccc(/C=C/CCN=[N+]=[N-])c2ccccc12.CC(C)(C)OC(=O)NCCCOc1ccc(CCCCN)c2ccccc12.CC(C)(C)OC(=O)NCCCOc1ccc(CCCCN=C(N)NC(=O)c2nc(Cl)c(N)nc2N)c2ccccc12.NCCCOc1ccc(CCCCN=C(N)NC(=O)c2nc(Cl)c(N)nc2N)c2ccccc12. The number of carbonyl (C=O) groups excluding carboxylic acids is 5. The minimum Gasteiger partial charge on any atom is -0.493 e. The molecule has 8 aromatic carbocycles. The van der Waals surface area contributed by atoms with Gasteiger partial charge in [0.05, 0.1) is 26.4 Å². The van der Waals surface area contributed by atoms with Crippen molar-refractivity contribution in [3.63, 3.8) is 0 Å². The zero-order chi connectivity index (χ0) is 95.3. The number of guanidine groups is 2. The molecule has 0 radical (unpaired) electrons. The molecule has 2 heterocycles. The molecule has 702 valence electrons. The number of halogens is 2. The third-order valence-corrected chi connectivity index (χ3v) is 19.4. The highest BCUT2D eigenvalue weighted by molar-refractivity contribution is 6.32. The second-order valence-electron chi connectivity index (χ2n) is 32.9. The molecule has 21 N–H and O–H groups in total. The number of rotatable bonds is 39. The number of nitrogens with two attached hydrogens (primary N) is 8. The lowest BCUT2D eigenvalue weighted by atomic mass is 9.99. The first-order chi connectivity index (χ1) is 62.7. The van der Waals surface area contributed by atoms with Gasteiger partial charge < -0.3 is 95.0 Å². The lowest BCUT2D eigenvalue weighted by Crippen LogP contribution is -2.38. The molecule has 0 aliphatic heterocycles. The fourth-order valence-electron chi connectivity index (χ4n) is 12.9. The van der Waals surface area contributed by atoms with E-state index in [2.05, 4.69) is 127 Å². The van der Waals surface area contributed by atoms with E-state index in [1.807, 2.05) is 159 Å². The number of hydrogen-bond acceptors (Lipinski definition) is 25. The van der Waals surface area contributed by atoms with Gasteiger partial charge in [-0.25, -0.2) is 34.3 Å². The second-order valence-corrected chi connectivity index (χ2v) is 33.6. The predicted octanol–water partition coefficient (Wildman–Crippen LogP) is 16.3. The lowest BCUT2D eigenvalue weighted by Gasteiger charge is -2.19. The molecule has 0 unspecified atom stereocenters. The first-order valence-electron chi connectivity index (χ1n) is 43.6. The van der Waals surface area contributed by atoms with Crippen LogP contribution in [0.4, 0.5) is 37.7 Å². The van der Waals surface area contributed by atoms with Crippen molar-refractivity contribution in [2.24, 2.45) is 38.0 Å². The van der Waals surface area contributed by atoms with Crippen molar-refractivity contribution in [1.82, 2.24) is 46.5 Å². The van der Waals surface area contributed by atoms with Crippen LogP contribution in [0.1, 0.15) is 176 Å². The quantitative estimate of drug-likeness (QED) is 0.00324. The summed E-state index contributed by atoms with van der Waals surface area (Å²) in [5.74, 6) is 1.50. The van der Waals surface area contributed by atoms with Gasteiger partial charge in [-0.05, 0) is 239 Å². The summed E-state index contributed by atoms with van der Waals surface area (Å²) in [6, 6.07) is 49.0. The number of nitrogens with one attached hydrogen (secondary N) is 5. The Hall–Kier alpha value is -13.4. The molecule has 2 aromatic heterocycles. The summed E-state index contributed by atoms with van der Waals surface area (Å²) in [4.78, 5) is 86.0. The Morgan fingerprint density at radius 1 is 0.405 bits per heavy atom. The first kappa shape index (κ1) is 105. The summed E-state index contributed by atoms with van der Waals surface area (Å²) in [6.07, 6.45) is 14.5. The number of hydrogen-bond donors (Lipinski definition) is 13. The number of amides is 5. The monoisotopic (exact) mass is 1840 g/mol. The van der Waals surface area contributed by atoms with Gasteiger partial charge in [0.25, 0.3) is 11.8 Å². The lowest BCUT2D eigenvalue weighted by molar-refractivity contribution is 0.0513. The highest BCUT2D eigenvalue weighted by atomic mass is 35.5. The van der Waals surface area contributed by atoms with Gasteiger partial charge in [-0.1, -0.05) is 162 Å². The molecule has 0 saturated carbocycles. The van der Waals surface area contributed by atoms with Crippen molar-refractivity contribution < 1.29 is 57.1 Å². The molecule has 5 amide bonds. The number of carbonyl (C=O) groups is 5. The van der Waals surface area contributed by atoms with Crippen LogP contribution in [0.15, 0.2) is 167 Å². The van der Waals surface area contributed by atoms with E-state index in [4.69, 9.17) is 108 Å². The number of benzene rings is 8. The molecule has 0 spiro atoms. The summed E-state index contributed by atoms with van der Waals surface area (Å²) >= 11 is 11.6. The van der Waals surface area contributed by atoms with Crippen LogP contribution in [0.25, 0.3) is 59.6 Å². The number of aliphatic imine (C=N–C) groups is 2. The normalized spacial score (nSPS) is 11.5. The van der Waals surface area contributed by atoms with Crippen molar-refractivity contribution in [2.45, 2.75) is 169 Å². The Morgan fingerprint density at radius 3 is 1.07 bits per heavy atom. The zero-order valence-electron chi connectivity index (χ0n) is 76.2. The van der Waals surface area contributed by atoms with Gasteiger partial charge in [0.15, 0.2) is 56.9 Å². The fraction of sp³-hybridized carbons (Fsp3) is 0.400. The third-order valence-electron chi connectivity index (χ3n) is 18.8. The Labute approximate surface area is 774 Å². The fourth-order valence-corrected chi connectivity index (χ4v) is 13.1. The van der Waals surface area contributed by atoms with E-state index < -0.39 is 46.9 Å². The van der Waals surface area contributed by atoms with E-state index in [-0.39, 0.29) is 56.9 Å². The Balaban J connectivity index is 0.000000242. The Bertz CT molecular complexity index is 5560. The van der Waals surface area contributed by atoms with Gasteiger partial charge in [-0.15, -0.1) is 0 Å². The molecule has 34 nitrogen and oxygen atoms in total. The highest BCUT2D eigenvalue weighted by Gasteiger charge is 2.22. The summed E-state index contributed by atoms with van der Waals surface area (Å²) < 4.78 is 39.5. The number of nitrogens with zero attached hydrogens (tertiary/aromatic N) is 9. The minimum atomic E-state index is -0.675. The van der Waals surface area contributed by atoms with Crippen molar-refractivity contribution in [3.05, 3.63) is 206 Å². The number of fused-ring (bicyclic) bond motifs is 4. The summed E-state index contributed by atoms with van der Waals surface area (Å²) in [5.41, 5.74) is 56.5. The number of nitrogen functional groups attached to an aromatic ring is 4. The van der Waals surface area contributed by atoms with Crippen molar-refractivity contribution in [2.75, 3.05) is 102 Å². The van der Waals surface area contributed by atoms with Gasteiger partial charge in [-0.3, -0.25) is 30.2 Å². The van der Waals surface area contributed by atoms with Crippen molar-refractivity contribution in [3.8, 4) is 23.0 Å². The van der Waals surface area contributed by atoms with Gasteiger partial charge in [0, 0.05) is 65.7 Å². The van der Waals surface area contributed by atoms with Crippen LogP contribution in [0.3, 0.4) is 0 Å². The van der Waals surface area contributed by atoms with E-state index in [9.17, 15) is 24.0 Å². The molecule has 0 atom stereocenters. The molecule has 10 aromatic rings. The van der Waals surface area contributed by atoms with E-state index in [0.29, 0.717) is 97.9 Å². The summed E-state index contributed by atoms with van der Waals surface area (Å²) in [7, 11) is 0. The molecule has 0 saturated heterocycles. The van der Waals surface area contributed by atoms with Crippen LogP contribution in [0, 0.1) is 0 Å². The molecular weight excluding hydrogens is 1710 g/mol. The Morgan fingerprint density at radius 2 is 0.725 bits per heavy atom. The van der Waals surface area contributed by atoms with Crippen LogP contribution in [-0.4, -0.2) is 158 Å². The number of unbranched alkanes of at least 4 members (excludes halogenated alkanes) is 3. The molecule has 0 aliphatic rings. The van der Waals surface area contributed by atoms with E-state index in [0.717, 1.165) is 132 Å². The second kappa shape index (κ2) is 54.2. The average Bonchev–Trinajstić information content (AvgIpc) is 0.814. The third kappa shape index (κ3) is 37.3. The van der Waals surface area contributed by atoms with Crippen LogP contribution < -0.4 is 91.4 Å². The van der Waals surface area contributed by atoms with Crippen LogP contribution in [0.5, 0.6) is 23.0 Å². The molecule has 0 aliphatic carbocycles. The van der Waals surface area contributed by atoms with Gasteiger partial charge in [0.2, 0.25) is 0 Å². The van der Waals surface area contributed by atoms with Crippen LogP contribution >= 0.6 is 23.2 Å². The smallest absolute Gasteiger partial charge is 0.407 e. The summed E-state index contributed by atoms with van der Waals surface area (Å²) in [5, 5.41) is 25.3. The van der Waals surface area contributed by atoms with E-state index >= 15 is 0 Å². The highest BCUT2D eigenvalue weighted by Crippen LogP contribution is 2.35. The topological polar surface area (TPSA) is 543 Å². The summed E-state index contributed by atoms with van der Waals surface area (Å²) in [6.45, 7) is 22.7. The Kier molecular flexibility index (Phi) is 43.3. The average molecular weight is 1840 g/mol. The van der Waals surface area contributed by atoms with Crippen molar-refractivity contribution >= 4 is 138 Å². The number of aryl methyl sites for hydroxylation is 3. The van der Waals surface area contributed by atoms with Gasteiger partial charge >= 0.3 is 18.3 Å². The number of aromatic nitrogens is 4. The zero-order valence-corrected chi connectivity index (χ0v) is 77.7. The van der Waals surface area contributed by atoms with Crippen molar-refractivity contribution in [1.29, 1.82) is 0 Å². The van der Waals surface area contributed by atoms with Crippen LogP contribution in [0.2, 0.25) is 10.3 Å². The molecule has 131 heavy (non-hydrogen) atoms. The molecule has 36 heteroatoms.